The topological polar surface area (TPSA) is 9.23 Å². The van der Waals surface area contributed by atoms with Gasteiger partial charge in [-0.15, -0.1) is 11.3 Å². The Hall–Kier alpha value is -1.28. The molecule has 0 atom stereocenters. The molecular weight excluding hydrogens is 228 g/mol. The van der Waals surface area contributed by atoms with Gasteiger partial charge in [-0.3, -0.25) is 0 Å². The Morgan fingerprint density at radius 1 is 0.941 bits per heavy atom. The van der Waals surface area contributed by atoms with E-state index < -0.39 is 0 Å². The van der Waals surface area contributed by atoms with Crippen LogP contribution in [0.2, 0.25) is 0 Å². The third-order valence-electron chi connectivity index (χ3n) is 2.79. The lowest BCUT2D eigenvalue weighted by Gasteiger charge is -2.08. The molecule has 0 saturated carbocycles. The second kappa shape index (κ2) is 5.87. The summed E-state index contributed by atoms with van der Waals surface area (Å²) in [5, 5.41) is 0. The van der Waals surface area contributed by atoms with Crippen LogP contribution in [0.15, 0.2) is 36.4 Å². The van der Waals surface area contributed by atoms with Crippen LogP contribution in [-0.2, 0) is 19.4 Å². The normalized spacial score (nSPS) is 10.5. The molecule has 1 aromatic heterocycles. The minimum atomic E-state index is 0.682. The van der Waals surface area contributed by atoms with Gasteiger partial charge >= 0.3 is 0 Å². The van der Waals surface area contributed by atoms with Crippen molar-refractivity contribution in [1.29, 1.82) is 0 Å². The van der Waals surface area contributed by atoms with Crippen molar-refractivity contribution in [3.8, 4) is 5.75 Å². The Morgan fingerprint density at radius 2 is 1.71 bits per heavy atom. The number of para-hydroxylation sites is 1. The first-order valence-electron chi connectivity index (χ1n) is 6.11. The average Bonchev–Trinajstić information content (AvgIpc) is 2.84. The molecule has 0 aliphatic heterocycles. The van der Waals surface area contributed by atoms with Crippen LogP contribution in [0, 0.1) is 0 Å². The smallest absolute Gasteiger partial charge is 0.123 e. The van der Waals surface area contributed by atoms with Gasteiger partial charge in [-0.05, 0) is 36.6 Å². The molecular formula is C15H18OS. The number of aryl methyl sites for hydroxylation is 2. The lowest BCUT2D eigenvalue weighted by molar-refractivity contribution is 0.306. The maximum atomic E-state index is 5.88. The third kappa shape index (κ3) is 3.10. The molecule has 2 aromatic rings. The Labute approximate surface area is 107 Å². The lowest BCUT2D eigenvalue weighted by atomic mass is 10.1. The minimum absolute atomic E-state index is 0.682. The predicted molar refractivity (Wildman–Crippen MR) is 73.8 cm³/mol. The maximum Gasteiger partial charge on any atom is 0.123 e. The van der Waals surface area contributed by atoms with Crippen LogP contribution in [0.4, 0.5) is 0 Å². The van der Waals surface area contributed by atoms with Gasteiger partial charge < -0.3 is 4.74 Å². The van der Waals surface area contributed by atoms with Crippen LogP contribution < -0.4 is 4.74 Å². The van der Waals surface area contributed by atoms with E-state index in [2.05, 4.69) is 38.1 Å². The Bertz CT molecular complexity index is 473. The number of thiophene rings is 1. The Kier molecular flexibility index (Phi) is 4.21. The van der Waals surface area contributed by atoms with E-state index in [4.69, 9.17) is 4.74 Å². The standard InChI is InChI=1S/C15H18OS/c1-3-12-7-5-6-8-15(12)16-11-14-10-9-13(4-2)17-14/h5-10H,3-4,11H2,1-2H3. The predicted octanol–water partition coefficient (Wildman–Crippen LogP) is 4.45. The van der Waals surface area contributed by atoms with Gasteiger partial charge in [0, 0.05) is 9.75 Å². The van der Waals surface area contributed by atoms with Gasteiger partial charge in [0.2, 0.25) is 0 Å². The van der Waals surface area contributed by atoms with E-state index in [1.54, 1.807) is 0 Å². The highest BCUT2D eigenvalue weighted by Crippen LogP contribution is 2.22. The summed E-state index contributed by atoms with van der Waals surface area (Å²) in [7, 11) is 0. The molecule has 1 heterocycles. The van der Waals surface area contributed by atoms with Crippen molar-refractivity contribution in [3.63, 3.8) is 0 Å². The van der Waals surface area contributed by atoms with Crippen LogP contribution in [-0.4, -0.2) is 0 Å². The lowest BCUT2D eigenvalue weighted by Crippen LogP contribution is -1.96. The fourth-order valence-corrected chi connectivity index (χ4v) is 2.65. The molecule has 2 rings (SSSR count). The number of hydrogen-bond acceptors (Lipinski definition) is 2. The highest BCUT2D eigenvalue weighted by molar-refractivity contribution is 7.11. The summed E-state index contributed by atoms with van der Waals surface area (Å²) in [5.74, 6) is 1.02. The molecule has 0 radical (unpaired) electrons. The molecule has 0 saturated heterocycles. The zero-order valence-electron chi connectivity index (χ0n) is 10.4. The largest absolute Gasteiger partial charge is 0.488 e. The van der Waals surface area contributed by atoms with Gasteiger partial charge in [-0.2, -0.15) is 0 Å². The van der Waals surface area contributed by atoms with Crippen LogP contribution >= 0.6 is 11.3 Å². The van der Waals surface area contributed by atoms with Gasteiger partial charge in [0.1, 0.15) is 12.4 Å². The summed E-state index contributed by atoms with van der Waals surface area (Å²) in [6.45, 7) is 5.02. The van der Waals surface area contributed by atoms with Crippen molar-refractivity contribution in [3.05, 3.63) is 51.7 Å². The van der Waals surface area contributed by atoms with Crippen molar-refractivity contribution in [2.75, 3.05) is 0 Å². The molecule has 0 aliphatic rings. The average molecular weight is 246 g/mol. The summed E-state index contributed by atoms with van der Waals surface area (Å²) >= 11 is 1.84. The second-order valence-electron chi connectivity index (χ2n) is 3.97. The molecule has 0 fully saturated rings. The van der Waals surface area contributed by atoms with Gasteiger partial charge in [-0.1, -0.05) is 32.0 Å². The molecule has 2 heteroatoms. The molecule has 0 aliphatic carbocycles. The number of hydrogen-bond donors (Lipinski definition) is 0. The SMILES string of the molecule is CCc1ccc(COc2ccccc2CC)s1. The Balaban J connectivity index is 2.01. The van der Waals surface area contributed by atoms with Crippen molar-refractivity contribution in [2.24, 2.45) is 0 Å². The van der Waals surface area contributed by atoms with Crippen LogP contribution in [0.5, 0.6) is 5.75 Å². The third-order valence-corrected chi connectivity index (χ3v) is 3.99. The van der Waals surface area contributed by atoms with Crippen molar-refractivity contribution in [1.82, 2.24) is 0 Å². The summed E-state index contributed by atoms with van der Waals surface area (Å²) in [6.07, 6.45) is 2.12. The molecule has 17 heavy (non-hydrogen) atoms. The fraction of sp³-hybridized carbons (Fsp3) is 0.333. The first-order valence-corrected chi connectivity index (χ1v) is 6.93. The molecule has 0 N–H and O–H groups in total. The van der Waals surface area contributed by atoms with Crippen molar-refractivity contribution >= 4 is 11.3 Å². The highest BCUT2D eigenvalue weighted by Gasteiger charge is 2.03. The van der Waals surface area contributed by atoms with E-state index in [0.717, 1.165) is 18.6 Å². The fourth-order valence-electron chi connectivity index (χ4n) is 1.78. The second-order valence-corrected chi connectivity index (χ2v) is 5.22. The highest BCUT2D eigenvalue weighted by atomic mass is 32.1. The minimum Gasteiger partial charge on any atom is -0.488 e. The molecule has 1 aromatic carbocycles. The van der Waals surface area contributed by atoms with E-state index in [1.807, 2.05) is 23.5 Å². The van der Waals surface area contributed by atoms with E-state index in [-0.39, 0.29) is 0 Å². The first kappa shape index (κ1) is 12.2. The van der Waals surface area contributed by atoms with Crippen molar-refractivity contribution in [2.45, 2.75) is 33.3 Å². The van der Waals surface area contributed by atoms with Gasteiger partial charge in [0.05, 0.1) is 0 Å². The monoisotopic (exact) mass is 246 g/mol. The zero-order chi connectivity index (χ0) is 12.1. The van der Waals surface area contributed by atoms with E-state index in [1.165, 1.54) is 15.3 Å². The van der Waals surface area contributed by atoms with Gasteiger partial charge in [0.25, 0.3) is 0 Å². The first-order chi connectivity index (χ1) is 8.33. The van der Waals surface area contributed by atoms with Crippen molar-refractivity contribution < 1.29 is 4.74 Å². The maximum absolute atomic E-state index is 5.88. The summed E-state index contributed by atoms with van der Waals surface area (Å²) < 4.78 is 5.88. The summed E-state index contributed by atoms with van der Waals surface area (Å²) in [5.41, 5.74) is 1.28. The van der Waals surface area contributed by atoms with Gasteiger partial charge in [0.15, 0.2) is 0 Å². The molecule has 0 bridgehead atoms. The Morgan fingerprint density at radius 3 is 2.41 bits per heavy atom. The van der Waals surface area contributed by atoms with Gasteiger partial charge in [-0.25, -0.2) is 0 Å². The number of ether oxygens (including phenoxy) is 1. The number of rotatable bonds is 5. The van der Waals surface area contributed by atoms with Crippen LogP contribution in [0.1, 0.15) is 29.2 Å². The summed E-state index contributed by atoms with van der Waals surface area (Å²) in [6, 6.07) is 12.6. The molecule has 90 valence electrons. The quantitative estimate of drug-likeness (QED) is 0.757. The molecule has 0 amide bonds. The molecule has 0 unspecified atom stereocenters. The van der Waals surface area contributed by atoms with Crippen LogP contribution in [0.3, 0.4) is 0 Å². The van der Waals surface area contributed by atoms with Crippen LogP contribution in [0.25, 0.3) is 0 Å². The molecule has 0 spiro atoms. The summed E-state index contributed by atoms with van der Waals surface area (Å²) in [4.78, 5) is 2.72. The molecule has 1 nitrogen and oxygen atoms in total. The zero-order valence-corrected chi connectivity index (χ0v) is 11.2. The van der Waals surface area contributed by atoms with E-state index in [9.17, 15) is 0 Å². The van der Waals surface area contributed by atoms with E-state index in [0.29, 0.717) is 6.61 Å². The van der Waals surface area contributed by atoms with E-state index >= 15 is 0 Å². The number of benzene rings is 1.